The van der Waals surface area contributed by atoms with Crippen LogP contribution in [0.1, 0.15) is 71.1 Å². The Morgan fingerprint density at radius 1 is 1.05 bits per heavy atom. The van der Waals surface area contributed by atoms with Gasteiger partial charge in [-0.25, -0.2) is 14.7 Å². The predicted molar refractivity (Wildman–Crippen MR) is 143 cm³/mol. The largest absolute Gasteiger partial charge is 0.428 e. The van der Waals surface area contributed by atoms with Gasteiger partial charge in [-0.1, -0.05) is 13.0 Å². The molecule has 0 radical (unpaired) electrons. The highest BCUT2D eigenvalue weighted by Gasteiger charge is 2.30. The molecule has 3 amide bonds. The number of hydrogen-bond acceptors (Lipinski definition) is 7. The number of H-pyrrole nitrogens is 1. The number of benzene rings is 1. The molecule has 0 fully saturated rings. The van der Waals surface area contributed by atoms with E-state index in [2.05, 4.69) is 20.6 Å². The fourth-order valence-electron chi connectivity index (χ4n) is 3.55. The molecule has 0 aliphatic heterocycles. The molecule has 1 aromatic heterocycles. The Morgan fingerprint density at radius 2 is 1.74 bits per heavy atom. The van der Waals surface area contributed by atoms with E-state index in [1.54, 1.807) is 39.8 Å². The number of esters is 1. The third kappa shape index (κ3) is 7.28. The van der Waals surface area contributed by atoms with Crippen molar-refractivity contribution < 1.29 is 28.7 Å². The number of aliphatic imine (C=N–C) groups is 1. The Hall–Kier alpha value is -4.48. The summed E-state index contributed by atoms with van der Waals surface area (Å²) in [5.41, 5.74) is 2.18. The molecule has 0 spiro atoms. The van der Waals surface area contributed by atoms with E-state index in [9.17, 15) is 19.2 Å². The first-order valence-electron chi connectivity index (χ1n) is 12.2. The summed E-state index contributed by atoms with van der Waals surface area (Å²) in [6.45, 7) is 8.96. The van der Waals surface area contributed by atoms with Crippen molar-refractivity contribution in [3.63, 3.8) is 0 Å². The molecule has 1 heterocycles. The standard InChI is InChI=1S/C26H34N6O6/c1-6-9-21(33)37-15-38-26(36)32(20-12-18(11-10-16(20)4)24(34)28-7-2)23(31-14-27)22-17(5)19(13-30-22)25(35)29-8-3/h10-14,27,30H,6-9,15H2,1-5H3,(H,28,34)(H,29,35). The lowest BCUT2D eigenvalue weighted by atomic mass is 10.1. The van der Waals surface area contributed by atoms with E-state index in [-0.39, 0.29) is 41.0 Å². The summed E-state index contributed by atoms with van der Waals surface area (Å²) < 4.78 is 10.2. The number of amidine groups is 1. The van der Waals surface area contributed by atoms with Crippen LogP contribution in [0.2, 0.25) is 0 Å². The van der Waals surface area contributed by atoms with E-state index in [1.165, 1.54) is 12.3 Å². The fourth-order valence-corrected chi connectivity index (χ4v) is 3.55. The molecule has 1 aromatic carbocycles. The van der Waals surface area contributed by atoms with E-state index in [4.69, 9.17) is 14.9 Å². The van der Waals surface area contributed by atoms with Gasteiger partial charge in [0, 0.05) is 31.3 Å². The minimum absolute atomic E-state index is 0.0610. The minimum atomic E-state index is -0.973. The van der Waals surface area contributed by atoms with Crippen molar-refractivity contribution in [1.29, 1.82) is 5.41 Å². The van der Waals surface area contributed by atoms with Crippen LogP contribution in [-0.2, 0) is 14.3 Å². The first-order valence-corrected chi connectivity index (χ1v) is 12.2. The number of aromatic nitrogens is 1. The minimum Gasteiger partial charge on any atom is -0.428 e. The van der Waals surface area contributed by atoms with Crippen molar-refractivity contribution in [3.05, 3.63) is 52.3 Å². The van der Waals surface area contributed by atoms with E-state index >= 15 is 0 Å². The molecular formula is C26H34N6O6. The summed E-state index contributed by atoms with van der Waals surface area (Å²) in [6.07, 6.45) is 1.98. The molecule has 2 aromatic rings. The summed E-state index contributed by atoms with van der Waals surface area (Å²) in [7, 11) is 0. The fraction of sp³-hybridized carbons (Fsp3) is 0.385. The Morgan fingerprint density at radius 3 is 2.37 bits per heavy atom. The summed E-state index contributed by atoms with van der Waals surface area (Å²) in [5.74, 6) is -1.26. The van der Waals surface area contributed by atoms with Crippen LogP contribution >= 0.6 is 0 Å². The van der Waals surface area contributed by atoms with Crippen LogP contribution in [0.4, 0.5) is 10.5 Å². The van der Waals surface area contributed by atoms with Gasteiger partial charge < -0.3 is 25.1 Å². The number of carbonyl (C=O) groups is 4. The van der Waals surface area contributed by atoms with Gasteiger partial charge in [-0.3, -0.25) is 19.8 Å². The van der Waals surface area contributed by atoms with Crippen molar-refractivity contribution in [1.82, 2.24) is 15.6 Å². The SMILES string of the molecule is CCCC(=O)OCOC(=O)N(C(=NC=N)c1[nH]cc(C(=O)NCC)c1C)c1cc(C(=O)NCC)ccc1C. The topological polar surface area (TPSA) is 166 Å². The molecule has 0 unspecified atom stereocenters. The van der Waals surface area contributed by atoms with Crippen molar-refractivity contribution in [2.75, 3.05) is 24.8 Å². The number of carbonyl (C=O) groups excluding carboxylic acids is 4. The molecule has 12 nitrogen and oxygen atoms in total. The Kier molecular flexibility index (Phi) is 11.2. The zero-order valence-electron chi connectivity index (χ0n) is 22.3. The van der Waals surface area contributed by atoms with Crippen LogP contribution in [-0.4, -0.2) is 60.9 Å². The maximum absolute atomic E-state index is 13.4. The third-order valence-electron chi connectivity index (χ3n) is 5.43. The van der Waals surface area contributed by atoms with Gasteiger partial charge in [0.15, 0.2) is 5.84 Å². The lowest BCUT2D eigenvalue weighted by molar-refractivity contribution is -0.151. The van der Waals surface area contributed by atoms with Crippen LogP contribution in [0, 0.1) is 19.3 Å². The number of ether oxygens (including phenoxy) is 2. The molecule has 12 heteroatoms. The van der Waals surface area contributed by atoms with Crippen LogP contribution in [0.3, 0.4) is 0 Å². The number of aromatic amines is 1. The average Bonchev–Trinajstić information content (AvgIpc) is 3.26. The molecule has 2 rings (SSSR count). The van der Waals surface area contributed by atoms with Crippen molar-refractivity contribution >= 4 is 41.7 Å². The van der Waals surface area contributed by atoms with E-state index < -0.39 is 18.9 Å². The highest BCUT2D eigenvalue weighted by molar-refractivity contribution is 6.24. The van der Waals surface area contributed by atoms with Gasteiger partial charge in [-0.15, -0.1) is 0 Å². The zero-order chi connectivity index (χ0) is 28.2. The monoisotopic (exact) mass is 526 g/mol. The number of hydrogen-bond donors (Lipinski definition) is 4. The zero-order valence-corrected chi connectivity index (χ0v) is 22.3. The highest BCUT2D eigenvalue weighted by Crippen LogP contribution is 2.27. The van der Waals surface area contributed by atoms with Crippen LogP contribution < -0.4 is 15.5 Å². The first-order chi connectivity index (χ1) is 18.2. The molecule has 204 valence electrons. The highest BCUT2D eigenvalue weighted by atomic mass is 16.7. The molecule has 0 aliphatic rings. The lowest BCUT2D eigenvalue weighted by Crippen LogP contribution is -2.40. The number of aryl methyl sites for hydroxylation is 1. The van der Waals surface area contributed by atoms with Gasteiger partial charge in [-0.05, 0) is 57.4 Å². The van der Waals surface area contributed by atoms with E-state index in [0.717, 1.165) is 11.2 Å². The van der Waals surface area contributed by atoms with E-state index in [1.807, 2.05) is 6.92 Å². The Bertz CT molecular complexity index is 1220. The van der Waals surface area contributed by atoms with E-state index in [0.29, 0.717) is 36.2 Å². The van der Waals surface area contributed by atoms with Crippen LogP contribution in [0.5, 0.6) is 0 Å². The quantitative estimate of drug-likeness (QED) is 0.151. The predicted octanol–water partition coefficient (Wildman–Crippen LogP) is 3.43. The summed E-state index contributed by atoms with van der Waals surface area (Å²) >= 11 is 0. The van der Waals surface area contributed by atoms with Crippen molar-refractivity contribution in [2.45, 2.75) is 47.5 Å². The van der Waals surface area contributed by atoms with Crippen molar-refractivity contribution in [2.24, 2.45) is 4.99 Å². The summed E-state index contributed by atoms with van der Waals surface area (Å²) in [4.78, 5) is 58.4. The van der Waals surface area contributed by atoms with Gasteiger partial charge in [0.05, 0.1) is 16.9 Å². The average molecular weight is 527 g/mol. The number of nitrogens with zero attached hydrogens (tertiary/aromatic N) is 2. The van der Waals surface area contributed by atoms with Crippen LogP contribution in [0.15, 0.2) is 29.4 Å². The Balaban J connectivity index is 2.63. The maximum Gasteiger partial charge on any atom is 0.423 e. The molecule has 0 saturated heterocycles. The van der Waals surface area contributed by atoms with Crippen LogP contribution in [0.25, 0.3) is 0 Å². The second-order valence-electron chi connectivity index (χ2n) is 8.13. The second kappa shape index (κ2) is 14.3. The third-order valence-corrected chi connectivity index (χ3v) is 5.43. The number of rotatable bonds is 11. The summed E-state index contributed by atoms with van der Waals surface area (Å²) in [6, 6.07) is 4.76. The smallest absolute Gasteiger partial charge is 0.423 e. The van der Waals surface area contributed by atoms with Gasteiger partial charge in [0.2, 0.25) is 6.79 Å². The molecule has 0 saturated carbocycles. The lowest BCUT2D eigenvalue weighted by Gasteiger charge is -2.25. The Labute approximate surface area is 221 Å². The summed E-state index contributed by atoms with van der Waals surface area (Å²) in [5, 5.41) is 13.1. The molecule has 0 atom stereocenters. The number of nitrogens with one attached hydrogen (secondary N) is 4. The van der Waals surface area contributed by atoms with Gasteiger partial charge in [-0.2, -0.15) is 0 Å². The molecule has 0 bridgehead atoms. The van der Waals surface area contributed by atoms with Gasteiger partial charge >= 0.3 is 12.1 Å². The normalized spacial score (nSPS) is 10.9. The van der Waals surface area contributed by atoms with Crippen molar-refractivity contribution in [3.8, 4) is 0 Å². The maximum atomic E-state index is 13.4. The second-order valence-corrected chi connectivity index (χ2v) is 8.13. The van der Waals surface area contributed by atoms with Gasteiger partial charge in [0.1, 0.15) is 6.34 Å². The molecular weight excluding hydrogens is 492 g/mol. The molecule has 0 aliphatic carbocycles. The molecule has 4 N–H and O–H groups in total. The van der Waals surface area contributed by atoms with Gasteiger partial charge in [0.25, 0.3) is 11.8 Å². The number of anilines is 1. The number of amides is 3. The first kappa shape index (κ1) is 29.7. The molecule has 38 heavy (non-hydrogen) atoms.